The second kappa shape index (κ2) is 10.3. The van der Waals surface area contributed by atoms with Gasteiger partial charge in [-0.1, -0.05) is 29.0 Å². The van der Waals surface area contributed by atoms with Gasteiger partial charge in [0.05, 0.1) is 30.4 Å². The van der Waals surface area contributed by atoms with Gasteiger partial charge in [-0.25, -0.2) is 23.4 Å². The van der Waals surface area contributed by atoms with Crippen LogP contribution in [0.1, 0.15) is 21.5 Å². The van der Waals surface area contributed by atoms with Crippen molar-refractivity contribution in [1.82, 2.24) is 19.9 Å². The molecular weight excluding hydrogens is 547 g/mol. The van der Waals surface area contributed by atoms with Crippen LogP contribution in [0.5, 0.6) is 11.8 Å². The highest BCUT2D eigenvalue weighted by Gasteiger charge is 2.33. The summed E-state index contributed by atoms with van der Waals surface area (Å²) in [7, 11) is -1.65. The van der Waals surface area contributed by atoms with E-state index in [1.54, 1.807) is 19.1 Å². The van der Waals surface area contributed by atoms with Crippen LogP contribution in [0.15, 0.2) is 58.0 Å². The molecule has 3 heterocycles. The fourth-order valence-electron chi connectivity index (χ4n) is 3.25. The third-order valence-electron chi connectivity index (χ3n) is 5.12. The fourth-order valence-corrected chi connectivity index (χ4v) is 6.03. The first-order valence-electron chi connectivity index (χ1n) is 10.6. The molecular formula is C23H18F3N5O5S2. The molecule has 0 aliphatic carbocycles. The molecule has 0 unspecified atom stereocenters. The number of benzene rings is 1. The van der Waals surface area contributed by atoms with Crippen molar-refractivity contribution in [3.05, 3.63) is 65.6 Å². The molecule has 0 saturated heterocycles. The predicted molar refractivity (Wildman–Crippen MR) is 130 cm³/mol. The molecule has 0 aliphatic rings. The molecule has 198 valence electrons. The van der Waals surface area contributed by atoms with Crippen LogP contribution in [0.3, 0.4) is 0 Å². The number of anilines is 1. The number of nitrogens with zero attached hydrogens (tertiary/aromatic N) is 4. The van der Waals surface area contributed by atoms with E-state index in [1.165, 1.54) is 26.4 Å². The number of carbonyl (C=O) groups is 1. The maximum atomic E-state index is 13.5. The van der Waals surface area contributed by atoms with Gasteiger partial charge in [-0.3, -0.25) is 15.1 Å². The summed E-state index contributed by atoms with van der Waals surface area (Å²) in [6, 6.07) is 7.75. The van der Waals surface area contributed by atoms with Crippen LogP contribution < -0.4 is 14.8 Å². The number of aromatic nitrogens is 4. The lowest BCUT2D eigenvalue weighted by atomic mass is 10.2. The van der Waals surface area contributed by atoms with Crippen molar-refractivity contribution >= 4 is 32.2 Å². The summed E-state index contributed by atoms with van der Waals surface area (Å²) < 4.78 is 76.1. The molecule has 0 atom stereocenters. The highest BCUT2D eigenvalue weighted by molar-refractivity contribution is 7.93. The van der Waals surface area contributed by atoms with Crippen LogP contribution in [0.4, 0.5) is 18.3 Å². The van der Waals surface area contributed by atoms with E-state index in [0.717, 1.165) is 24.0 Å². The van der Waals surface area contributed by atoms with Crippen molar-refractivity contribution in [3.8, 4) is 23.1 Å². The van der Waals surface area contributed by atoms with Gasteiger partial charge in [0.2, 0.25) is 21.6 Å². The summed E-state index contributed by atoms with van der Waals surface area (Å²) in [5.41, 5.74) is -0.749. The number of amides is 1. The number of hydrogen-bond acceptors (Lipinski definition) is 10. The van der Waals surface area contributed by atoms with E-state index in [9.17, 15) is 26.4 Å². The Morgan fingerprint density at radius 3 is 2.13 bits per heavy atom. The summed E-state index contributed by atoms with van der Waals surface area (Å²) >= 11 is 0.604. The quantitative estimate of drug-likeness (QED) is 0.346. The largest absolute Gasteiger partial charge is 0.480 e. The molecule has 4 rings (SSSR count). The Morgan fingerprint density at radius 2 is 1.61 bits per heavy atom. The summed E-state index contributed by atoms with van der Waals surface area (Å²) in [6.07, 6.45) is -2.94. The van der Waals surface area contributed by atoms with E-state index in [-0.39, 0.29) is 42.9 Å². The van der Waals surface area contributed by atoms with Crippen molar-refractivity contribution in [2.75, 3.05) is 19.5 Å². The zero-order chi connectivity index (χ0) is 27.7. The predicted octanol–water partition coefficient (Wildman–Crippen LogP) is 4.42. The molecule has 4 aromatic rings. The highest BCUT2D eigenvalue weighted by atomic mass is 32.2. The lowest BCUT2D eigenvalue weighted by Crippen LogP contribution is -2.16. The molecule has 1 N–H and O–H groups in total. The van der Waals surface area contributed by atoms with Crippen molar-refractivity contribution in [1.29, 1.82) is 0 Å². The summed E-state index contributed by atoms with van der Waals surface area (Å²) in [6.45, 7) is 1.78. The first kappa shape index (κ1) is 26.9. The molecule has 0 aliphatic heterocycles. The van der Waals surface area contributed by atoms with Gasteiger partial charge in [-0.2, -0.15) is 13.2 Å². The molecule has 0 saturated carbocycles. The maximum absolute atomic E-state index is 13.5. The minimum atomic E-state index is -4.64. The van der Waals surface area contributed by atoms with Crippen LogP contribution in [-0.4, -0.2) is 48.5 Å². The van der Waals surface area contributed by atoms with Gasteiger partial charge in [-0.15, -0.1) is 0 Å². The Hall–Kier alpha value is -4.11. The topological polar surface area (TPSA) is 133 Å². The standard InChI is InChI=1S/C23H18F3N5O5S2/c1-12-4-7-14(8-5-12)38(33,34)21-17(15-9-6-13(10-27-15)23(24,25)26)30-22(37-21)31-18(32)16-19(35-2)28-11-29-20(16)36-3/h4-11H,1-3H3,(H,30,31,32). The van der Waals surface area contributed by atoms with E-state index in [0.29, 0.717) is 17.5 Å². The Bertz CT molecular complexity index is 1570. The number of carbonyl (C=O) groups excluding carboxylic acids is 1. The molecule has 0 radical (unpaired) electrons. The van der Waals surface area contributed by atoms with Gasteiger partial charge in [0, 0.05) is 6.20 Å². The van der Waals surface area contributed by atoms with Crippen LogP contribution >= 0.6 is 11.3 Å². The Balaban J connectivity index is 1.82. The molecule has 3 aromatic heterocycles. The van der Waals surface area contributed by atoms with Crippen LogP contribution in [0, 0.1) is 6.92 Å². The SMILES string of the molecule is COc1ncnc(OC)c1C(=O)Nc1nc(-c2ccc(C(F)(F)F)cn2)c(S(=O)(=O)c2ccc(C)cc2)s1. The zero-order valence-electron chi connectivity index (χ0n) is 19.9. The van der Waals surface area contributed by atoms with E-state index < -0.39 is 27.5 Å². The van der Waals surface area contributed by atoms with Gasteiger partial charge >= 0.3 is 6.18 Å². The van der Waals surface area contributed by atoms with Crippen LogP contribution in [0.25, 0.3) is 11.4 Å². The highest BCUT2D eigenvalue weighted by Crippen LogP contribution is 2.39. The number of ether oxygens (including phenoxy) is 2. The smallest absolute Gasteiger partial charge is 0.417 e. The molecule has 0 fully saturated rings. The minimum absolute atomic E-state index is 0.0717. The third kappa shape index (κ3) is 5.28. The number of halogens is 3. The van der Waals surface area contributed by atoms with E-state index >= 15 is 0 Å². The Labute approximate surface area is 218 Å². The fraction of sp³-hybridized carbons (Fsp3) is 0.174. The molecule has 0 bridgehead atoms. The Morgan fingerprint density at radius 1 is 0.974 bits per heavy atom. The van der Waals surface area contributed by atoms with Gasteiger partial charge in [0.1, 0.15) is 12.0 Å². The van der Waals surface area contributed by atoms with Crippen LogP contribution in [0.2, 0.25) is 0 Å². The number of methoxy groups -OCH3 is 2. The van der Waals surface area contributed by atoms with E-state index in [2.05, 4.69) is 25.3 Å². The van der Waals surface area contributed by atoms with E-state index in [1.807, 2.05) is 0 Å². The number of pyridine rings is 1. The second-order valence-electron chi connectivity index (χ2n) is 7.62. The first-order valence-corrected chi connectivity index (χ1v) is 12.9. The Kier molecular flexibility index (Phi) is 7.33. The monoisotopic (exact) mass is 565 g/mol. The lowest BCUT2D eigenvalue weighted by molar-refractivity contribution is -0.137. The molecule has 1 aromatic carbocycles. The van der Waals surface area contributed by atoms with Crippen molar-refractivity contribution < 1.29 is 35.9 Å². The lowest BCUT2D eigenvalue weighted by Gasteiger charge is -2.09. The summed E-state index contributed by atoms with van der Waals surface area (Å²) in [4.78, 5) is 28.7. The van der Waals surface area contributed by atoms with Gasteiger partial charge in [-0.05, 0) is 31.2 Å². The van der Waals surface area contributed by atoms with E-state index in [4.69, 9.17) is 9.47 Å². The molecule has 38 heavy (non-hydrogen) atoms. The molecule has 10 nitrogen and oxygen atoms in total. The van der Waals surface area contributed by atoms with Crippen molar-refractivity contribution in [3.63, 3.8) is 0 Å². The number of rotatable bonds is 7. The van der Waals surface area contributed by atoms with Gasteiger partial charge in [0.15, 0.2) is 14.9 Å². The number of sulfone groups is 1. The number of nitrogens with one attached hydrogen (secondary N) is 1. The van der Waals surface area contributed by atoms with Crippen LogP contribution in [-0.2, 0) is 16.0 Å². The van der Waals surface area contributed by atoms with Gasteiger partial charge < -0.3 is 9.47 Å². The number of thiazole rings is 1. The minimum Gasteiger partial charge on any atom is -0.480 e. The molecule has 1 amide bonds. The number of hydrogen-bond donors (Lipinski definition) is 1. The van der Waals surface area contributed by atoms with Crippen molar-refractivity contribution in [2.24, 2.45) is 0 Å². The summed E-state index contributed by atoms with van der Waals surface area (Å²) in [5.74, 6) is -1.04. The maximum Gasteiger partial charge on any atom is 0.417 e. The number of aryl methyl sites for hydroxylation is 1. The van der Waals surface area contributed by atoms with Crippen molar-refractivity contribution in [2.45, 2.75) is 22.2 Å². The van der Waals surface area contributed by atoms with Gasteiger partial charge in [0.25, 0.3) is 5.91 Å². The average Bonchev–Trinajstić information content (AvgIpc) is 3.32. The molecule has 15 heteroatoms. The normalized spacial score (nSPS) is 11.7. The second-order valence-corrected chi connectivity index (χ2v) is 10.8. The zero-order valence-corrected chi connectivity index (χ0v) is 21.5. The third-order valence-corrected chi connectivity index (χ3v) is 8.36. The summed E-state index contributed by atoms with van der Waals surface area (Å²) in [5, 5.41) is 2.29. The first-order chi connectivity index (χ1) is 18.0. The average molecular weight is 566 g/mol. The number of alkyl halides is 3. The molecule has 0 spiro atoms.